The Balaban J connectivity index is 1.56. The third-order valence-corrected chi connectivity index (χ3v) is 5.78. The molecular formula is C19H25F3N8. The van der Waals surface area contributed by atoms with Crippen molar-refractivity contribution in [3.63, 3.8) is 0 Å². The van der Waals surface area contributed by atoms with Crippen LogP contribution in [0.5, 0.6) is 0 Å². The van der Waals surface area contributed by atoms with Gasteiger partial charge in [0, 0.05) is 18.5 Å². The van der Waals surface area contributed by atoms with Crippen LogP contribution < -0.4 is 21.9 Å². The van der Waals surface area contributed by atoms with Crippen molar-refractivity contribution in [1.29, 1.82) is 0 Å². The molecule has 30 heavy (non-hydrogen) atoms. The fourth-order valence-electron chi connectivity index (χ4n) is 4.14. The van der Waals surface area contributed by atoms with Crippen LogP contribution in [0.3, 0.4) is 0 Å². The third-order valence-electron chi connectivity index (χ3n) is 5.78. The average Bonchev–Trinajstić information content (AvgIpc) is 3.14. The van der Waals surface area contributed by atoms with E-state index in [0.29, 0.717) is 17.8 Å². The molecule has 0 spiro atoms. The summed E-state index contributed by atoms with van der Waals surface area (Å²) in [7, 11) is 0. The van der Waals surface area contributed by atoms with E-state index < -0.39 is 17.4 Å². The van der Waals surface area contributed by atoms with Crippen molar-refractivity contribution < 1.29 is 13.2 Å². The molecule has 1 aliphatic carbocycles. The van der Waals surface area contributed by atoms with Gasteiger partial charge < -0.3 is 11.1 Å². The zero-order valence-electron chi connectivity index (χ0n) is 16.8. The van der Waals surface area contributed by atoms with Gasteiger partial charge in [0.05, 0.1) is 11.2 Å². The fourth-order valence-corrected chi connectivity index (χ4v) is 4.14. The van der Waals surface area contributed by atoms with Crippen LogP contribution in [-0.2, 0) is 11.7 Å². The molecule has 11 heteroatoms. The van der Waals surface area contributed by atoms with E-state index in [1.165, 1.54) is 12.1 Å². The summed E-state index contributed by atoms with van der Waals surface area (Å²) in [6.07, 6.45) is -1.62. The van der Waals surface area contributed by atoms with Crippen molar-refractivity contribution in [2.45, 2.75) is 56.8 Å². The number of hydrogen-bond acceptors (Lipinski definition) is 8. The molecule has 4 rings (SSSR count). The number of rotatable bonds is 4. The van der Waals surface area contributed by atoms with Crippen molar-refractivity contribution in [1.82, 2.24) is 30.8 Å². The van der Waals surface area contributed by atoms with E-state index in [1.807, 2.05) is 0 Å². The molecule has 3 atom stereocenters. The average molecular weight is 422 g/mol. The second kappa shape index (κ2) is 7.62. The molecule has 2 aromatic rings. The molecule has 5 N–H and O–H groups in total. The number of hydrazine groups is 1. The minimum absolute atomic E-state index is 0.0786. The van der Waals surface area contributed by atoms with Crippen LogP contribution in [0.1, 0.15) is 56.2 Å². The van der Waals surface area contributed by atoms with Crippen molar-refractivity contribution in [2.24, 2.45) is 5.92 Å². The monoisotopic (exact) mass is 422 g/mol. The Kier molecular flexibility index (Phi) is 5.27. The highest BCUT2D eigenvalue weighted by atomic mass is 19.4. The summed E-state index contributed by atoms with van der Waals surface area (Å²) in [5.74, 6) is 1.64. The summed E-state index contributed by atoms with van der Waals surface area (Å²) in [4.78, 5) is 16.8. The lowest BCUT2D eigenvalue weighted by atomic mass is 9.79. The van der Waals surface area contributed by atoms with Crippen LogP contribution in [0.4, 0.5) is 25.1 Å². The number of anilines is 2. The van der Waals surface area contributed by atoms with Crippen molar-refractivity contribution >= 4 is 11.9 Å². The molecule has 162 valence electrons. The summed E-state index contributed by atoms with van der Waals surface area (Å²) in [6, 6.07) is 4.18. The maximum Gasteiger partial charge on any atom is 0.433 e. The predicted molar refractivity (Wildman–Crippen MR) is 105 cm³/mol. The van der Waals surface area contributed by atoms with Gasteiger partial charge in [0.15, 0.2) is 0 Å². The Morgan fingerprint density at radius 1 is 1.07 bits per heavy atom. The first-order valence-electron chi connectivity index (χ1n) is 9.94. The first-order chi connectivity index (χ1) is 14.1. The molecule has 8 nitrogen and oxygen atoms in total. The standard InChI is InChI=1S/C19H25F3N8/c1-18(2,13-4-3-5-14(25-13)19(20,21)22)29-17-27-15(26-16(23)28-17)10-6-7-11-9-24-30-12(11)8-10/h3-5,10-12,24,30H,6-9H2,1-2H3,(H3,23,26,27,28,29). The minimum atomic E-state index is -4.52. The largest absolute Gasteiger partial charge is 0.433 e. The van der Waals surface area contributed by atoms with E-state index in [0.717, 1.165) is 31.9 Å². The van der Waals surface area contributed by atoms with Gasteiger partial charge in [-0.15, -0.1) is 0 Å². The zero-order chi connectivity index (χ0) is 21.5. The number of halogens is 3. The van der Waals surface area contributed by atoms with E-state index in [2.05, 4.69) is 36.1 Å². The third kappa shape index (κ3) is 4.31. The number of nitrogens with zero attached hydrogens (tertiary/aromatic N) is 4. The lowest BCUT2D eigenvalue weighted by Crippen LogP contribution is -2.36. The highest BCUT2D eigenvalue weighted by Crippen LogP contribution is 2.36. The van der Waals surface area contributed by atoms with Gasteiger partial charge in [0.1, 0.15) is 11.5 Å². The molecule has 0 radical (unpaired) electrons. The van der Waals surface area contributed by atoms with E-state index in [1.54, 1.807) is 13.8 Å². The van der Waals surface area contributed by atoms with Crippen molar-refractivity contribution in [3.05, 3.63) is 35.4 Å². The Hall–Kier alpha value is -2.53. The molecule has 2 aromatic heterocycles. The van der Waals surface area contributed by atoms with Crippen LogP contribution in [0.15, 0.2) is 18.2 Å². The Labute approximate surface area is 172 Å². The highest BCUT2D eigenvalue weighted by molar-refractivity contribution is 5.37. The predicted octanol–water partition coefficient (Wildman–Crippen LogP) is 2.57. The van der Waals surface area contributed by atoms with Gasteiger partial charge in [-0.3, -0.25) is 10.9 Å². The number of nitrogens with one attached hydrogen (secondary N) is 3. The topological polar surface area (TPSA) is 114 Å². The van der Waals surface area contributed by atoms with Gasteiger partial charge in [0.25, 0.3) is 0 Å². The van der Waals surface area contributed by atoms with E-state index in [-0.39, 0.29) is 23.5 Å². The molecule has 1 saturated carbocycles. The number of aromatic nitrogens is 4. The summed E-state index contributed by atoms with van der Waals surface area (Å²) >= 11 is 0. The SMILES string of the molecule is CC(C)(Nc1nc(N)nc(C2CCC3CNNC3C2)n1)c1cccc(C(F)(F)F)n1. The summed E-state index contributed by atoms with van der Waals surface area (Å²) in [5.41, 5.74) is 10.7. The Morgan fingerprint density at radius 3 is 2.60 bits per heavy atom. The maximum absolute atomic E-state index is 13.0. The van der Waals surface area contributed by atoms with Gasteiger partial charge in [-0.25, -0.2) is 4.98 Å². The molecule has 3 unspecified atom stereocenters. The maximum atomic E-state index is 13.0. The van der Waals surface area contributed by atoms with Crippen LogP contribution in [0.25, 0.3) is 0 Å². The second-order valence-corrected chi connectivity index (χ2v) is 8.43. The molecule has 0 amide bonds. The zero-order valence-corrected chi connectivity index (χ0v) is 16.8. The Morgan fingerprint density at radius 2 is 1.83 bits per heavy atom. The van der Waals surface area contributed by atoms with Crippen LogP contribution in [-0.4, -0.2) is 32.5 Å². The smallest absolute Gasteiger partial charge is 0.368 e. The normalized spacial score (nSPS) is 24.5. The quantitative estimate of drug-likeness (QED) is 0.595. The number of nitrogens with two attached hydrogens (primary N) is 1. The molecular weight excluding hydrogens is 397 g/mol. The number of hydrogen-bond donors (Lipinski definition) is 4. The molecule has 0 bridgehead atoms. The van der Waals surface area contributed by atoms with Crippen LogP contribution in [0.2, 0.25) is 0 Å². The number of nitrogen functional groups attached to an aromatic ring is 1. The lowest BCUT2D eigenvalue weighted by molar-refractivity contribution is -0.141. The molecule has 0 aromatic carbocycles. The van der Waals surface area contributed by atoms with Gasteiger partial charge in [0.2, 0.25) is 11.9 Å². The van der Waals surface area contributed by atoms with Crippen LogP contribution in [0, 0.1) is 5.92 Å². The first-order valence-corrected chi connectivity index (χ1v) is 9.94. The molecule has 3 heterocycles. The fraction of sp³-hybridized carbons (Fsp3) is 0.579. The first kappa shape index (κ1) is 20.7. The minimum Gasteiger partial charge on any atom is -0.368 e. The number of fused-ring (bicyclic) bond motifs is 1. The second-order valence-electron chi connectivity index (χ2n) is 8.43. The van der Waals surface area contributed by atoms with E-state index in [4.69, 9.17) is 5.73 Å². The van der Waals surface area contributed by atoms with Crippen LogP contribution >= 0.6 is 0 Å². The lowest BCUT2D eigenvalue weighted by Gasteiger charge is -2.30. The van der Waals surface area contributed by atoms with Crippen molar-refractivity contribution in [3.8, 4) is 0 Å². The summed E-state index contributed by atoms with van der Waals surface area (Å²) in [5, 5.41) is 3.08. The van der Waals surface area contributed by atoms with Gasteiger partial charge in [-0.2, -0.15) is 28.1 Å². The summed E-state index contributed by atoms with van der Waals surface area (Å²) < 4.78 is 39.1. The van der Waals surface area contributed by atoms with Gasteiger partial charge in [-0.1, -0.05) is 6.07 Å². The molecule has 2 fully saturated rings. The van der Waals surface area contributed by atoms with Gasteiger partial charge in [-0.05, 0) is 51.2 Å². The number of alkyl halides is 3. The Bertz CT molecular complexity index is 917. The van der Waals surface area contributed by atoms with Crippen molar-refractivity contribution in [2.75, 3.05) is 17.6 Å². The van der Waals surface area contributed by atoms with Gasteiger partial charge >= 0.3 is 6.18 Å². The highest BCUT2D eigenvalue weighted by Gasteiger charge is 2.36. The molecule has 1 aliphatic heterocycles. The number of pyridine rings is 1. The molecule has 1 saturated heterocycles. The van der Waals surface area contributed by atoms with E-state index >= 15 is 0 Å². The summed E-state index contributed by atoms with van der Waals surface area (Å²) in [6.45, 7) is 4.39. The van der Waals surface area contributed by atoms with E-state index in [9.17, 15) is 13.2 Å². The molecule has 2 aliphatic rings.